The third kappa shape index (κ3) is 2.81. The molecule has 2 aromatic heterocycles. The molecule has 1 aliphatic heterocycles. The molecule has 0 bridgehead atoms. The zero-order valence-electron chi connectivity index (χ0n) is 15.1. The van der Waals surface area contributed by atoms with Gasteiger partial charge in [-0.2, -0.15) is 10.4 Å². The number of aromatic nitrogens is 3. The van der Waals surface area contributed by atoms with Crippen LogP contribution in [0.3, 0.4) is 0 Å². The van der Waals surface area contributed by atoms with E-state index in [0.29, 0.717) is 23.3 Å². The van der Waals surface area contributed by atoms with Crippen molar-refractivity contribution in [2.45, 2.75) is 24.2 Å². The molecule has 2 N–H and O–H groups in total. The van der Waals surface area contributed by atoms with Crippen LogP contribution in [0.15, 0.2) is 36.7 Å². The number of nitriles is 1. The topological polar surface area (TPSA) is 112 Å². The van der Waals surface area contributed by atoms with E-state index in [1.165, 1.54) is 6.07 Å². The van der Waals surface area contributed by atoms with Crippen molar-refractivity contribution in [2.24, 2.45) is 0 Å². The molecule has 0 spiro atoms. The number of hydrogen-bond donors (Lipinski definition) is 2. The maximum atomic E-state index is 14.6. The number of imidazole rings is 1. The minimum atomic E-state index is -0.617. The van der Waals surface area contributed by atoms with Gasteiger partial charge in [0.2, 0.25) is 5.91 Å². The summed E-state index contributed by atoms with van der Waals surface area (Å²) in [6.07, 6.45) is 4.02. The van der Waals surface area contributed by atoms with Gasteiger partial charge in [0.1, 0.15) is 11.9 Å². The van der Waals surface area contributed by atoms with Crippen LogP contribution in [0.25, 0.3) is 5.65 Å². The van der Waals surface area contributed by atoms with Crippen molar-refractivity contribution in [1.82, 2.24) is 25.2 Å². The molecular formula is C20H15FN6O2. The van der Waals surface area contributed by atoms with Gasteiger partial charge >= 0.3 is 6.03 Å². The molecule has 3 atom stereocenters. The van der Waals surface area contributed by atoms with Crippen molar-refractivity contribution >= 4 is 17.6 Å². The number of urea groups is 1. The number of carbonyl (C=O) groups is 2. The normalized spacial score (nSPS) is 23.4. The smallest absolute Gasteiger partial charge is 0.321 e. The Morgan fingerprint density at radius 1 is 1.24 bits per heavy atom. The van der Waals surface area contributed by atoms with E-state index in [4.69, 9.17) is 5.26 Å². The quantitative estimate of drug-likeness (QED) is 0.710. The summed E-state index contributed by atoms with van der Waals surface area (Å²) in [5.41, 5.74) is 2.58. The highest BCUT2D eigenvalue weighted by Gasteiger charge is 2.43. The van der Waals surface area contributed by atoms with E-state index in [1.807, 2.05) is 12.1 Å². The lowest BCUT2D eigenvalue weighted by molar-refractivity contribution is -0.122. The average Bonchev–Trinajstić information content (AvgIpc) is 3.35. The molecule has 1 unspecified atom stereocenters. The third-order valence-corrected chi connectivity index (χ3v) is 5.52. The van der Waals surface area contributed by atoms with Gasteiger partial charge < -0.3 is 5.32 Å². The monoisotopic (exact) mass is 390 g/mol. The van der Waals surface area contributed by atoms with Crippen molar-refractivity contribution in [3.63, 3.8) is 0 Å². The molecule has 3 amide bonds. The van der Waals surface area contributed by atoms with Crippen LogP contribution in [0.4, 0.5) is 9.18 Å². The van der Waals surface area contributed by atoms with Crippen LogP contribution >= 0.6 is 0 Å². The maximum Gasteiger partial charge on any atom is 0.321 e. The Kier molecular flexibility index (Phi) is 3.81. The Hall–Kier alpha value is -3.80. The van der Waals surface area contributed by atoms with Crippen LogP contribution in [0.1, 0.15) is 46.6 Å². The first-order chi connectivity index (χ1) is 14.1. The molecule has 1 saturated carbocycles. The molecule has 3 heterocycles. The SMILES string of the molecule is N#Cc1cccc([C@H]2C[C@@H]2c2cc(C3CNC(=O)NC3=O)nn3ccnc23)c1F. The van der Waals surface area contributed by atoms with Gasteiger partial charge in [0, 0.05) is 24.5 Å². The Balaban J connectivity index is 1.53. The number of nitrogens with one attached hydrogen (secondary N) is 2. The molecule has 2 aliphatic rings. The van der Waals surface area contributed by atoms with Crippen LogP contribution in [0.5, 0.6) is 0 Å². The Morgan fingerprint density at radius 2 is 2.07 bits per heavy atom. The Labute approximate surface area is 164 Å². The number of fused-ring (bicyclic) bond motifs is 1. The summed E-state index contributed by atoms with van der Waals surface area (Å²) in [5.74, 6) is -1.57. The van der Waals surface area contributed by atoms with Gasteiger partial charge in [0.25, 0.3) is 0 Å². The van der Waals surface area contributed by atoms with Gasteiger partial charge in [-0.05, 0) is 36.0 Å². The predicted molar refractivity (Wildman–Crippen MR) is 98.5 cm³/mol. The van der Waals surface area contributed by atoms with Crippen LogP contribution in [-0.2, 0) is 4.79 Å². The highest BCUT2D eigenvalue weighted by atomic mass is 19.1. The molecule has 1 saturated heterocycles. The van der Waals surface area contributed by atoms with Gasteiger partial charge in [-0.3, -0.25) is 10.1 Å². The van der Waals surface area contributed by atoms with Crippen molar-refractivity contribution in [1.29, 1.82) is 5.26 Å². The average molecular weight is 390 g/mol. The number of amides is 3. The van der Waals surface area contributed by atoms with E-state index in [2.05, 4.69) is 20.7 Å². The van der Waals surface area contributed by atoms with E-state index in [0.717, 1.165) is 5.56 Å². The minimum Gasteiger partial charge on any atom is -0.337 e. The van der Waals surface area contributed by atoms with Crippen LogP contribution < -0.4 is 10.6 Å². The fourth-order valence-electron chi connectivity index (χ4n) is 3.98. The second kappa shape index (κ2) is 6.38. The third-order valence-electron chi connectivity index (χ3n) is 5.52. The molecule has 2 fully saturated rings. The first kappa shape index (κ1) is 17.3. The molecule has 144 valence electrons. The van der Waals surface area contributed by atoms with Crippen LogP contribution in [0.2, 0.25) is 0 Å². The van der Waals surface area contributed by atoms with E-state index in [-0.39, 0.29) is 23.9 Å². The second-order valence-electron chi connectivity index (χ2n) is 7.24. The van der Waals surface area contributed by atoms with E-state index < -0.39 is 23.7 Å². The van der Waals surface area contributed by atoms with Gasteiger partial charge in [-0.1, -0.05) is 12.1 Å². The lowest BCUT2D eigenvalue weighted by Gasteiger charge is -2.22. The molecular weight excluding hydrogens is 375 g/mol. The molecule has 8 nitrogen and oxygen atoms in total. The van der Waals surface area contributed by atoms with E-state index in [9.17, 15) is 14.0 Å². The summed E-state index contributed by atoms with van der Waals surface area (Å²) in [6.45, 7) is 0.157. The summed E-state index contributed by atoms with van der Waals surface area (Å²) >= 11 is 0. The summed E-state index contributed by atoms with van der Waals surface area (Å²) in [4.78, 5) is 28.0. The Morgan fingerprint density at radius 3 is 2.86 bits per heavy atom. The highest BCUT2D eigenvalue weighted by Crippen LogP contribution is 2.56. The second-order valence-corrected chi connectivity index (χ2v) is 7.24. The maximum absolute atomic E-state index is 14.6. The number of nitrogens with zero attached hydrogens (tertiary/aromatic N) is 4. The summed E-state index contributed by atoms with van der Waals surface area (Å²) in [7, 11) is 0. The fourth-order valence-corrected chi connectivity index (χ4v) is 3.98. The molecule has 29 heavy (non-hydrogen) atoms. The fraction of sp³-hybridized carbons (Fsp3) is 0.250. The van der Waals surface area contributed by atoms with Gasteiger partial charge in [0.05, 0.1) is 17.2 Å². The standard InChI is InChI=1S/C20H15FN6O2/c21-17-10(8-22)2-1-3-11(17)12-6-13(12)14-7-16(26-27-5-4-23-18(14)27)15-9-24-20(29)25-19(15)28/h1-5,7,12-13,15H,6,9H2,(H2,24,25,28,29)/t12-,13+,15?/m1/s1. The zero-order chi connectivity index (χ0) is 20.1. The first-order valence-electron chi connectivity index (χ1n) is 9.18. The molecule has 1 aliphatic carbocycles. The summed E-state index contributed by atoms with van der Waals surface area (Å²) in [6, 6.07) is 8.03. The minimum absolute atomic E-state index is 0.00587. The molecule has 1 aromatic carbocycles. The zero-order valence-corrected chi connectivity index (χ0v) is 15.1. The Bertz CT molecular complexity index is 1210. The highest BCUT2D eigenvalue weighted by molar-refractivity contribution is 6.00. The van der Waals surface area contributed by atoms with E-state index in [1.54, 1.807) is 29.0 Å². The molecule has 0 radical (unpaired) electrons. The molecule has 3 aromatic rings. The largest absolute Gasteiger partial charge is 0.337 e. The molecule has 9 heteroatoms. The van der Waals surface area contributed by atoms with Crippen molar-refractivity contribution in [3.8, 4) is 6.07 Å². The van der Waals surface area contributed by atoms with Gasteiger partial charge in [-0.25, -0.2) is 18.7 Å². The number of rotatable bonds is 3. The van der Waals surface area contributed by atoms with E-state index >= 15 is 0 Å². The summed E-state index contributed by atoms with van der Waals surface area (Å²) in [5, 5.41) is 18.4. The van der Waals surface area contributed by atoms with Crippen molar-refractivity contribution < 1.29 is 14.0 Å². The number of imide groups is 1. The predicted octanol–water partition coefficient (Wildman–Crippen LogP) is 1.93. The number of hydrogen-bond acceptors (Lipinski definition) is 5. The van der Waals surface area contributed by atoms with Gasteiger partial charge in [0.15, 0.2) is 5.65 Å². The van der Waals surface area contributed by atoms with Crippen LogP contribution in [0, 0.1) is 17.1 Å². The molecule has 5 rings (SSSR count). The van der Waals surface area contributed by atoms with Crippen molar-refractivity contribution in [3.05, 3.63) is 64.9 Å². The first-order valence-corrected chi connectivity index (χ1v) is 9.18. The number of carbonyl (C=O) groups excluding carboxylic acids is 2. The number of halogens is 1. The van der Waals surface area contributed by atoms with Crippen molar-refractivity contribution in [2.75, 3.05) is 6.54 Å². The number of benzene rings is 1. The van der Waals surface area contributed by atoms with Gasteiger partial charge in [-0.15, -0.1) is 0 Å². The lowest BCUT2D eigenvalue weighted by atomic mass is 9.98. The lowest BCUT2D eigenvalue weighted by Crippen LogP contribution is -2.51. The van der Waals surface area contributed by atoms with Crippen LogP contribution in [-0.4, -0.2) is 33.1 Å². The summed E-state index contributed by atoms with van der Waals surface area (Å²) < 4.78 is 16.2.